The van der Waals surface area contributed by atoms with Gasteiger partial charge in [0.15, 0.2) is 0 Å². The van der Waals surface area contributed by atoms with Crippen molar-refractivity contribution >= 4 is 18.5 Å². The predicted molar refractivity (Wildman–Crippen MR) is 107 cm³/mol. The maximum Gasteiger partial charge on any atom is 0.407 e. The fraction of sp³-hybridized carbons (Fsp3) is 0.571. The molecule has 1 aromatic rings. The molecular weight excluding hydrogens is 360 g/mol. The lowest BCUT2D eigenvalue weighted by molar-refractivity contribution is -0.141. The van der Waals surface area contributed by atoms with Crippen molar-refractivity contribution in [1.82, 2.24) is 10.6 Å². The van der Waals surface area contributed by atoms with Gasteiger partial charge < -0.3 is 20.1 Å². The van der Waals surface area contributed by atoms with E-state index in [2.05, 4.69) is 10.6 Å². The van der Waals surface area contributed by atoms with Gasteiger partial charge in [0.05, 0.1) is 5.92 Å². The lowest BCUT2D eigenvalue weighted by Crippen LogP contribution is -2.42. The number of nitrogens with one attached hydrogen (secondary N) is 2. The van der Waals surface area contributed by atoms with E-state index in [1.807, 2.05) is 37.3 Å². The van der Waals surface area contributed by atoms with Crippen LogP contribution in [-0.2, 0) is 19.1 Å². The largest absolute Gasteiger partial charge is 0.464 e. The Labute approximate surface area is 167 Å². The number of alkyl carbamates (subject to hydrolysis) is 1. The summed E-state index contributed by atoms with van der Waals surface area (Å²) in [6.45, 7) is 9.97. The van der Waals surface area contributed by atoms with E-state index in [0.29, 0.717) is 12.9 Å². The molecule has 3 atom stereocenters. The van der Waals surface area contributed by atoms with Crippen molar-refractivity contribution in [2.24, 2.45) is 5.92 Å². The Morgan fingerprint density at radius 2 is 1.68 bits per heavy atom. The van der Waals surface area contributed by atoms with Gasteiger partial charge in [0.1, 0.15) is 11.7 Å². The molecule has 0 aliphatic carbocycles. The van der Waals surface area contributed by atoms with Gasteiger partial charge in [-0.2, -0.15) is 0 Å². The van der Waals surface area contributed by atoms with Crippen LogP contribution in [0, 0.1) is 5.92 Å². The summed E-state index contributed by atoms with van der Waals surface area (Å²) in [6, 6.07) is 9.87. The third-order valence-electron chi connectivity index (χ3n) is 4.25. The van der Waals surface area contributed by atoms with E-state index in [0.717, 1.165) is 5.56 Å². The van der Waals surface area contributed by atoms with E-state index in [9.17, 15) is 14.4 Å². The Balaban J connectivity index is 2.48. The molecule has 1 rings (SSSR count). The first-order chi connectivity index (χ1) is 13.1. The van der Waals surface area contributed by atoms with Crippen LogP contribution < -0.4 is 10.6 Å². The second-order valence-corrected chi connectivity index (χ2v) is 7.83. The third kappa shape index (κ3) is 8.88. The Hall–Kier alpha value is -2.57. The standard InChI is InChI=1S/C21H32N2O5/c1-15(17-9-7-6-8-10-17)13-18(27-14-24)16(2)19(25)22-11-12-23-20(26)28-21(3,4)5/h6-10,14-16,18H,11-13H2,1-5H3,(H,22,25)(H,23,26)/t15?,16-,18?/m1/s1. The number of amides is 2. The highest BCUT2D eigenvalue weighted by Crippen LogP contribution is 2.25. The van der Waals surface area contributed by atoms with Crippen LogP contribution in [0.3, 0.4) is 0 Å². The second kappa shape index (κ2) is 11.3. The van der Waals surface area contributed by atoms with E-state index in [1.54, 1.807) is 27.7 Å². The molecule has 0 saturated carbocycles. The summed E-state index contributed by atoms with van der Waals surface area (Å²) in [5.74, 6) is -0.619. The van der Waals surface area contributed by atoms with Gasteiger partial charge in [-0.05, 0) is 38.7 Å². The molecule has 2 amide bonds. The Bertz CT molecular complexity index is 627. The molecule has 0 aliphatic heterocycles. The molecule has 0 bridgehead atoms. The molecule has 0 spiro atoms. The van der Waals surface area contributed by atoms with Gasteiger partial charge in [-0.25, -0.2) is 4.79 Å². The zero-order valence-electron chi connectivity index (χ0n) is 17.4. The molecule has 1 aromatic carbocycles. The highest BCUT2D eigenvalue weighted by molar-refractivity contribution is 5.79. The van der Waals surface area contributed by atoms with Crippen molar-refractivity contribution in [1.29, 1.82) is 0 Å². The summed E-state index contributed by atoms with van der Waals surface area (Å²) in [5, 5.41) is 5.33. The summed E-state index contributed by atoms with van der Waals surface area (Å²) in [7, 11) is 0. The number of carbonyl (C=O) groups is 3. The summed E-state index contributed by atoms with van der Waals surface area (Å²) in [6.07, 6.45) is -0.534. The van der Waals surface area contributed by atoms with Gasteiger partial charge in [0.25, 0.3) is 6.47 Å². The lowest BCUT2D eigenvalue weighted by atomic mass is 9.89. The summed E-state index contributed by atoms with van der Waals surface area (Å²) in [4.78, 5) is 34.9. The molecule has 156 valence electrons. The van der Waals surface area contributed by atoms with Crippen LogP contribution in [0.4, 0.5) is 4.79 Å². The highest BCUT2D eigenvalue weighted by atomic mass is 16.6. The number of carbonyl (C=O) groups excluding carboxylic acids is 3. The molecule has 28 heavy (non-hydrogen) atoms. The highest BCUT2D eigenvalue weighted by Gasteiger charge is 2.27. The van der Waals surface area contributed by atoms with Crippen LogP contribution in [0.15, 0.2) is 30.3 Å². The fourth-order valence-electron chi connectivity index (χ4n) is 2.71. The van der Waals surface area contributed by atoms with Crippen LogP contribution in [0.1, 0.15) is 52.5 Å². The van der Waals surface area contributed by atoms with E-state index in [1.165, 1.54) is 0 Å². The number of rotatable bonds is 10. The SMILES string of the molecule is CC(CC(OC=O)[C@@H](C)C(=O)NCCNC(=O)OC(C)(C)C)c1ccccc1. The van der Waals surface area contributed by atoms with E-state index in [4.69, 9.17) is 9.47 Å². The summed E-state index contributed by atoms with van der Waals surface area (Å²) in [5.41, 5.74) is 0.549. The second-order valence-electron chi connectivity index (χ2n) is 7.83. The molecule has 7 heteroatoms. The van der Waals surface area contributed by atoms with Gasteiger partial charge in [-0.1, -0.05) is 44.2 Å². The zero-order chi connectivity index (χ0) is 21.2. The molecular formula is C21H32N2O5. The molecule has 0 aromatic heterocycles. The van der Waals surface area contributed by atoms with Crippen molar-refractivity contribution in [2.75, 3.05) is 13.1 Å². The van der Waals surface area contributed by atoms with Crippen molar-refractivity contribution in [3.63, 3.8) is 0 Å². The molecule has 2 unspecified atom stereocenters. The smallest absolute Gasteiger partial charge is 0.407 e. The Kier molecular flexibility index (Phi) is 9.48. The molecule has 0 fully saturated rings. The molecule has 0 saturated heterocycles. The van der Waals surface area contributed by atoms with Gasteiger partial charge >= 0.3 is 6.09 Å². The lowest BCUT2D eigenvalue weighted by Gasteiger charge is -2.25. The summed E-state index contributed by atoms with van der Waals surface area (Å²) < 4.78 is 10.3. The number of hydrogen-bond donors (Lipinski definition) is 2. The normalized spacial score (nSPS) is 14.3. The van der Waals surface area contributed by atoms with Crippen LogP contribution >= 0.6 is 0 Å². The molecule has 0 radical (unpaired) electrons. The summed E-state index contributed by atoms with van der Waals surface area (Å²) >= 11 is 0. The number of ether oxygens (including phenoxy) is 2. The van der Waals surface area contributed by atoms with Crippen LogP contribution in [-0.4, -0.2) is 43.3 Å². The average molecular weight is 392 g/mol. The minimum absolute atomic E-state index is 0.134. The number of benzene rings is 1. The van der Waals surface area contributed by atoms with Gasteiger partial charge in [0.2, 0.25) is 5.91 Å². The molecule has 7 nitrogen and oxygen atoms in total. The minimum Gasteiger partial charge on any atom is -0.464 e. The zero-order valence-corrected chi connectivity index (χ0v) is 17.4. The topological polar surface area (TPSA) is 93.7 Å². The van der Waals surface area contributed by atoms with Crippen molar-refractivity contribution in [3.05, 3.63) is 35.9 Å². The van der Waals surface area contributed by atoms with Crippen molar-refractivity contribution < 1.29 is 23.9 Å². The van der Waals surface area contributed by atoms with Gasteiger partial charge in [-0.3, -0.25) is 9.59 Å². The van der Waals surface area contributed by atoms with E-state index >= 15 is 0 Å². The maximum absolute atomic E-state index is 12.4. The van der Waals surface area contributed by atoms with Crippen LogP contribution in [0.5, 0.6) is 0 Å². The van der Waals surface area contributed by atoms with E-state index in [-0.39, 0.29) is 24.9 Å². The monoisotopic (exact) mass is 392 g/mol. The quantitative estimate of drug-likeness (QED) is 0.472. The van der Waals surface area contributed by atoms with Crippen molar-refractivity contribution in [3.8, 4) is 0 Å². The van der Waals surface area contributed by atoms with Crippen molar-refractivity contribution in [2.45, 2.75) is 58.7 Å². The number of hydrogen-bond acceptors (Lipinski definition) is 5. The fourth-order valence-corrected chi connectivity index (χ4v) is 2.71. The Morgan fingerprint density at radius 3 is 2.25 bits per heavy atom. The Morgan fingerprint density at radius 1 is 1.07 bits per heavy atom. The van der Waals surface area contributed by atoms with Crippen LogP contribution in [0.2, 0.25) is 0 Å². The maximum atomic E-state index is 12.4. The predicted octanol–water partition coefficient (Wildman–Crippen LogP) is 3.00. The third-order valence-corrected chi connectivity index (χ3v) is 4.25. The van der Waals surface area contributed by atoms with Gasteiger partial charge in [0, 0.05) is 13.1 Å². The molecule has 0 aliphatic rings. The molecule has 0 heterocycles. The molecule has 2 N–H and O–H groups in total. The first kappa shape index (κ1) is 23.5. The average Bonchev–Trinajstić information content (AvgIpc) is 2.63. The minimum atomic E-state index is -0.573. The first-order valence-corrected chi connectivity index (χ1v) is 9.52. The van der Waals surface area contributed by atoms with E-state index < -0.39 is 23.7 Å². The van der Waals surface area contributed by atoms with Gasteiger partial charge in [-0.15, -0.1) is 0 Å². The van der Waals surface area contributed by atoms with Crippen LogP contribution in [0.25, 0.3) is 0 Å². The first-order valence-electron chi connectivity index (χ1n) is 9.52.